The van der Waals surface area contributed by atoms with E-state index in [0.717, 1.165) is 10.0 Å². The van der Waals surface area contributed by atoms with E-state index < -0.39 is 10.3 Å². The van der Waals surface area contributed by atoms with E-state index in [1.165, 1.54) is 16.8 Å². The molecular formula is C28H27BrN4O5. The van der Waals surface area contributed by atoms with Gasteiger partial charge in [0.15, 0.2) is 11.5 Å². The average molecular weight is 579 g/mol. The Bertz CT molecular complexity index is 1570. The van der Waals surface area contributed by atoms with Crippen LogP contribution in [0.15, 0.2) is 75.0 Å². The van der Waals surface area contributed by atoms with Crippen molar-refractivity contribution in [1.29, 1.82) is 0 Å². The molecule has 1 aromatic heterocycles. The second-order valence-electron chi connectivity index (χ2n) is 9.56. The summed E-state index contributed by atoms with van der Waals surface area (Å²) in [4.78, 5) is 28.5. The molecule has 10 heteroatoms. The van der Waals surface area contributed by atoms with E-state index >= 15 is 0 Å². The van der Waals surface area contributed by atoms with Gasteiger partial charge in [-0.25, -0.2) is 4.98 Å². The van der Waals surface area contributed by atoms with Crippen molar-refractivity contribution in [3.05, 3.63) is 103 Å². The SMILES string of the molecule is CCOc1cc(C=Nn2c(C(C)(C)C)nc3ccc(Br)cc3c2=O)ccc1OCc1ccc([N+](=O)[O-])cc1. The Labute approximate surface area is 228 Å². The van der Waals surface area contributed by atoms with Crippen LogP contribution >= 0.6 is 15.9 Å². The van der Waals surface area contributed by atoms with Gasteiger partial charge in [-0.1, -0.05) is 36.7 Å². The molecule has 4 aromatic rings. The summed E-state index contributed by atoms with van der Waals surface area (Å²) >= 11 is 3.42. The summed E-state index contributed by atoms with van der Waals surface area (Å²) in [5, 5.41) is 15.9. The van der Waals surface area contributed by atoms with E-state index in [9.17, 15) is 14.9 Å². The van der Waals surface area contributed by atoms with Crippen LogP contribution in [0.1, 0.15) is 44.6 Å². The van der Waals surface area contributed by atoms with Gasteiger partial charge < -0.3 is 9.47 Å². The fraction of sp³-hybridized carbons (Fsp3) is 0.250. The summed E-state index contributed by atoms with van der Waals surface area (Å²) in [5.74, 6) is 1.58. The van der Waals surface area contributed by atoms with Crippen molar-refractivity contribution in [2.24, 2.45) is 5.10 Å². The number of nitro benzene ring substituents is 1. The lowest BCUT2D eigenvalue weighted by Crippen LogP contribution is -2.29. The summed E-state index contributed by atoms with van der Waals surface area (Å²) in [6.07, 6.45) is 1.59. The topological polar surface area (TPSA) is 109 Å². The van der Waals surface area contributed by atoms with Crippen molar-refractivity contribution < 1.29 is 14.4 Å². The molecule has 196 valence electrons. The molecule has 0 saturated carbocycles. The lowest BCUT2D eigenvalue weighted by molar-refractivity contribution is -0.384. The van der Waals surface area contributed by atoms with Gasteiger partial charge in [0.25, 0.3) is 11.2 Å². The highest BCUT2D eigenvalue weighted by Crippen LogP contribution is 2.29. The Balaban J connectivity index is 1.64. The van der Waals surface area contributed by atoms with Crippen LogP contribution in [0.5, 0.6) is 11.5 Å². The molecule has 3 aromatic carbocycles. The van der Waals surface area contributed by atoms with Gasteiger partial charge in [0.05, 0.1) is 28.6 Å². The van der Waals surface area contributed by atoms with E-state index in [-0.39, 0.29) is 17.9 Å². The molecule has 1 heterocycles. The molecule has 0 saturated heterocycles. The molecule has 38 heavy (non-hydrogen) atoms. The Morgan fingerprint density at radius 3 is 2.45 bits per heavy atom. The maximum Gasteiger partial charge on any atom is 0.282 e. The normalized spacial score (nSPS) is 11.7. The Hall–Kier alpha value is -4.05. The van der Waals surface area contributed by atoms with E-state index in [4.69, 9.17) is 14.5 Å². The van der Waals surface area contributed by atoms with Gasteiger partial charge in [0.2, 0.25) is 0 Å². The van der Waals surface area contributed by atoms with Crippen LogP contribution in [0, 0.1) is 10.1 Å². The molecule has 4 rings (SSSR count). The number of ether oxygens (including phenoxy) is 2. The number of nitro groups is 1. The van der Waals surface area contributed by atoms with Crippen molar-refractivity contribution in [1.82, 2.24) is 9.66 Å². The maximum absolute atomic E-state index is 13.4. The van der Waals surface area contributed by atoms with E-state index in [2.05, 4.69) is 21.0 Å². The largest absolute Gasteiger partial charge is 0.490 e. The molecule has 0 N–H and O–H groups in total. The van der Waals surface area contributed by atoms with Crippen LogP contribution in [0.25, 0.3) is 10.9 Å². The third-order valence-electron chi connectivity index (χ3n) is 5.61. The van der Waals surface area contributed by atoms with E-state index in [1.54, 1.807) is 36.5 Å². The fourth-order valence-corrected chi connectivity index (χ4v) is 4.09. The zero-order valence-electron chi connectivity index (χ0n) is 21.5. The average Bonchev–Trinajstić information content (AvgIpc) is 2.87. The summed E-state index contributed by atoms with van der Waals surface area (Å²) in [7, 11) is 0. The van der Waals surface area contributed by atoms with E-state index in [1.807, 2.05) is 45.9 Å². The monoisotopic (exact) mass is 578 g/mol. The standard InChI is InChI=1S/C28H27BrN4O5/c1-5-37-25-14-19(8-13-24(25)38-17-18-6-10-21(11-7-18)33(35)36)16-30-32-26(34)22-15-20(29)9-12-23(22)31-27(32)28(2,3)4/h6-16H,5,17H2,1-4H3. The first-order valence-corrected chi connectivity index (χ1v) is 12.8. The Morgan fingerprint density at radius 2 is 1.79 bits per heavy atom. The third-order valence-corrected chi connectivity index (χ3v) is 6.10. The van der Waals surface area contributed by atoms with Gasteiger partial charge in [-0.15, -0.1) is 0 Å². The van der Waals surface area contributed by atoms with Crippen LogP contribution in [0.2, 0.25) is 0 Å². The quantitative estimate of drug-likeness (QED) is 0.139. The van der Waals surface area contributed by atoms with Crippen LogP contribution in [0.4, 0.5) is 5.69 Å². The van der Waals surface area contributed by atoms with Crippen LogP contribution in [-0.2, 0) is 12.0 Å². The fourth-order valence-electron chi connectivity index (χ4n) is 3.73. The molecule has 0 aliphatic heterocycles. The van der Waals surface area contributed by atoms with E-state index in [0.29, 0.717) is 40.4 Å². The maximum atomic E-state index is 13.4. The molecule has 0 fully saturated rings. The molecule has 0 aliphatic rings. The first-order valence-electron chi connectivity index (χ1n) is 12.0. The molecule has 0 atom stereocenters. The smallest absolute Gasteiger partial charge is 0.282 e. The summed E-state index contributed by atoms with van der Waals surface area (Å²) in [5.41, 5.74) is 1.44. The number of aromatic nitrogens is 2. The third kappa shape index (κ3) is 6.08. The molecule has 0 amide bonds. The molecule has 0 radical (unpaired) electrons. The number of non-ortho nitro benzene ring substituents is 1. The molecule has 9 nitrogen and oxygen atoms in total. The van der Waals surface area contributed by atoms with Gasteiger partial charge in [-0.05, 0) is 66.6 Å². The minimum absolute atomic E-state index is 0.0235. The van der Waals surface area contributed by atoms with Crippen LogP contribution in [-0.4, -0.2) is 27.4 Å². The number of benzene rings is 3. The lowest BCUT2D eigenvalue weighted by atomic mass is 9.95. The highest BCUT2D eigenvalue weighted by atomic mass is 79.9. The highest BCUT2D eigenvalue weighted by molar-refractivity contribution is 9.10. The number of hydrogen-bond acceptors (Lipinski definition) is 7. The molecular weight excluding hydrogens is 552 g/mol. The molecule has 0 spiro atoms. The van der Waals surface area contributed by atoms with Gasteiger partial charge in [0, 0.05) is 22.0 Å². The Kier molecular flexibility index (Phi) is 7.91. The Morgan fingerprint density at radius 1 is 1.05 bits per heavy atom. The van der Waals surface area contributed by atoms with Crippen molar-refractivity contribution in [3.8, 4) is 11.5 Å². The van der Waals surface area contributed by atoms with Gasteiger partial charge in [-0.3, -0.25) is 14.9 Å². The highest BCUT2D eigenvalue weighted by Gasteiger charge is 2.23. The minimum atomic E-state index is -0.441. The van der Waals surface area contributed by atoms with Crippen molar-refractivity contribution in [3.63, 3.8) is 0 Å². The number of nitrogens with zero attached hydrogens (tertiary/aromatic N) is 4. The number of hydrogen-bond donors (Lipinski definition) is 0. The predicted octanol–water partition coefficient (Wildman–Crippen LogP) is 6.22. The van der Waals surface area contributed by atoms with Gasteiger partial charge in [0.1, 0.15) is 12.4 Å². The number of fused-ring (bicyclic) bond motifs is 1. The zero-order chi connectivity index (χ0) is 27.4. The summed E-state index contributed by atoms with van der Waals surface area (Å²) in [6.45, 7) is 8.45. The second-order valence-corrected chi connectivity index (χ2v) is 10.5. The summed E-state index contributed by atoms with van der Waals surface area (Å²) in [6, 6.07) is 17.0. The first-order chi connectivity index (χ1) is 18.1. The number of rotatable bonds is 8. The minimum Gasteiger partial charge on any atom is -0.490 e. The summed E-state index contributed by atoms with van der Waals surface area (Å²) < 4.78 is 13.8. The predicted molar refractivity (Wildman–Crippen MR) is 150 cm³/mol. The van der Waals surface area contributed by atoms with Crippen LogP contribution < -0.4 is 15.0 Å². The molecule has 0 bridgehead atoms. The van der Waals surface area contributed by atoms with Crippen molar-refractivity contribution in [2.45, 2.75) is 39.7 Å². The van der Waals surface area contributed by atoms with Gasteiger partial charge >= 0.3 is 0 Å². The van der Waals surface area contributed by atoms with Crippen LogP contribution in [0.3, 0.4) is 0 Å². The first kappa shape index (κ1) is 27.0. The van der Waals surface area contributed by atoms with Gasteiger partial charge in [-0.2, -0.15) is 9.78 Å². The second kappa shape index (κ2) is 11.1. The zero-order valence-corrected chi connectivity index (χ0v) is 23.1. The number of halogens is 1. The van der Waals surface area contributed by atoms with Crippen molar-refractivity contribution in [2.75, 3.05) is 6.61 Å². The lowest BCUT2D eigenvalue weighted by Gasteiger charge is -2.21. The molecule has 0 unspecified atom stereocenters. The van der Waals surface area contributed by atoms with Crippen molar-refractivity contribution >= 4 is 38.7 Å². The molecule has 0 aliphatic carbocycles.